The summed E-state index contributed by atoms with van der Waals surface area (Å²) in [6, 6.07) is 20.4. The highest BCUT2D eigenvalue weighted by Crippen LogP contribution is 2.37. The molecule has 0 radical (unpaired) electrons. The lowest BCUT2D eigenvalue weighted by molar-refractivity contribution is -0.135. The molecule has 0 bridgehead atoms. The van der Waals surface area contributed by atoms with Gasteiger partial charge in [0.2, 0.25) is 5.88 Å². The molecule has 3 N–H and O–H groups in total. The molecule has 1 aromatic heterocycles. The number of benzene rings is 3. The number of aromatic hydroxyl groups is 1. The van der Waals surface area contributed by atoms with Gasteiger partial charge < -0.3 is 25.0 Å². The SMILES string of the molecule is CCOc1nc(C(=O)NCC(=O)O)c(O)c2ccc(Oc3ccc(C(=O)c4ccccc4)cc3)cc12. The Balaban J connectivity index is 1.61. The molecular weight excluding hydrogens is 464 g/mol. The third-order valence-electron chi connectivity index (χ3n) is 5.20. The van der Waals surface area contributed by atoms with E-state index < -0.39 is 24.2 Å². The summed E-state index contributed by atoms with van der Waals surface area (Å²) in [4.78, 5) is 39.8. The molecule has 0 spiro atoms. The van der Waals surface area contributed by atoms with Crippen molar-refractivity contribution in [2.24, 2.45) is 0 Å². The minimum Gasteiger partial charge on any atom is -0.505 e. The fraction of sp³-hybridized carbons (Fsp3) is 0.111. The van der Waals surface area contributed by atoms with Crippen LogP contribution in [0.1, 0.15) is 33.3 Å². The van der Waals surface area contributed by atoms with Crippen LogP contribution in [0.3, 0.4) is 0 Å². The van der Waals surface area contributed by atoms with E-state index in [1.807, 2.05) is 6.07 Å². The van der Waals surface area contributed by atoms with Gasteiger partial charge >= 0.3 is 5.97 Å². The second-order valence-corrected chi connectivity index (χ2v) is 7.65. The highest BCUT2D eigenvalue weighted by Gasteiger charge is 2.21. The van der Waals surface area contributed by atoms with Crippen molar-refractivity contribution in [2.75, 3.05) is 13.2 Å². The highest BCUT2D eigenvalue weighted by molar-refractivity contribution is 6.09. The number of carboxylic acid groups (broad SMARTS) is 1. The summed E-state index contributed by atoms with van der Waals surface area (Å²) in [7, 11) is 0. The van der Waals surface area contributed by atoms with Crippen LogP contribution >= 0.6 is 0 Å². The van der Waals surface area contributed by atoms with E-state index >= 15 is 0 Å². The van der Waals surface area contributed by atoms with Crippen molar-refractivity contribution in [2.45, 2.75) is 6.92 Å². The predicted octanol–water partition coefficient (Wildman–Crippen LogP) is 4.18. The van der Waals surface area contributed by atoms with Crippen LogP contribution in [-0.2, 0) is 4.79 Å². The summed E-state index contributed by atoms with van der Waals surface area (Å²) in [5.74, 6) is -1.60. The Morgan fingerprint density at radius 2 is 1.56 bits per heavy atom. The van der Waals surface area contributed by atoms with E-state index in [2.05, 4.69) is 10.3 Å². The average molecular weight is 486 g/mol. The lowest BCUT2D eigenvalue weighted by Crippen LogP contribution is -2.30. The topological polar surface area (TPSA) is 135 Å². The first kappa shape index (κ1) is 24.2. The minimum absolute atomic E-state index is 0.0834. The smallest absolute Gasteiger partial charge is 0.322 e. The number of aromatic nitrogens is 1. The molecule has 182 valence electrons. The fourth-order valence-corrected chi connectivity index (χ4v) is 3.52. The van der Waals surface area contributed by atoms with Crippen LogP contribution in [0.4, 0.5) is 0 Å². The van der Waals surface area contributed by atoms with Crippen molar-refractivity contribution in [3.63, 3.8) is 0 Å². The Bertz CT molecular complexity index is 1430. The molecule has 0 saturated carbocycles. The number of carbonyl (C=O) groups is 3. The summed E-state index contributed by atoms with van der Waals surface area (Å²) in [6.07, 6.45) is 0. The number of nitrogens with zero attached hydrogens (tertiary/aromatic N) is 1. The zero-order chi connectivity index (χ0) is 25.7. The molecular formula is C27H22N2O7. The summed E-state index contributed by atoms with van der Waals surface area (Å²) in [5.41, 5.74) is 0.764. The third kappa shape index (κ3) is 5.25. The van der Waals surface area contributed by atoms with E-state index in [1.54, 1.807) is 73.7 Å². The second kappa shape index (κ2) is 10.6. The van der Waals surface area contributed by atoms with Gasteiger partial charge in [0.25, 0.3) is 5.91 Å². The normalized spacial score (nSPS) is 10.6. The number of hydrogen-bond acceptors (Lipinski definition) is 7. The van der Waals surface area contributed by atoms with Crippen molar-refractivity contribution in [1.29, 1.82) is 0 Å². The summed E-state index contributed by atoms with van der Waals surface area (Å²) in [6.45, 7) is 1.36. The van der Waals surface area contributed by atoms with Gasteiger partial charge in [0.1, 0.15) is 18.0 Å². The van der Waals surface area contributed by atoms with E-state index in [0.29, 0.717) is 28.0 Å². The molecule has 0 aliphatic heterocycles. The van der Waals surface area contributed by atoms with Crippen LogP contribution in [0.25, 0.3) is 10.8 Å². The van der Waals surface area contributed by atoms with Crippen LogP contribution in [0.15, 0.2) is 72.8 Å². The third-order valence-corrected chi connectivity index (χ3v) is 5.20. The molecule has 9 heteroatoms. The first-order valence-electron chi connectivity index (χ1n) is 11.0. The van der Waals surface area contributed by atoms with E-state index in [9.17, 15) is 19.5 Å². The van der Waals surface area contributed by atoms with Gasteiger partial charge in [0.15, 0.2) is 17.2 Å². The maximum Gasteiger partial charge on any atom is 0.322 e. The minimum atomic E-state index is -1.23. The molecule has 0 saturated heterocycles. The van der Waals surface area contributed by atoms with Crippen LogP contribution in [0.5, 0.6) is 23.1 Å². The zero-order valence-electron chi connectivity index (χ0n) is 19.2. The molecule has 9 nitrogen and oxygen atoms in total. The second-order valence-electron chi connectivity index (χ2n) is 7.65. The molecule has 0 atom stereocenters. The van der Waals surface area contributed by atoms with Crippen molar-refractivity contribution in [3.8, 4) is 23.1 Å². The van der Waals surface area contributed by atoms with Gasteiger partial charge in [0.05, 0.1) is 12.0 Å². The molecule has 3 aromatic carbocycles. The largest absolute Gasteiger partial charge is 0.505 e. The maximum absolute atomic E-state index is 12.6. The summed E-state index contributed by atoms with van der Waals surface area (Å²) in [5, 5.41) is 22.3. The number of amides is 1. The van der Waals surface area contributed by atoms with Gasteiger partial charge in [-0.25, -0.2) is 4.98 Å². The van der Waals surface area contributed by atoms with E-state index in [1.165, 1.54) is 0 Å². The lowest BCUT2D eigenvalue weighted by atomic mass is 10.0. The van der Waals surface area contributed by atoms with Crippen LogP contribution in [0, 0.1) is 0 Å². The maximum atomic E-state index is 12.6. The number of ether oxygens (including phenoxy) is 2. The van der Waals surface area contributed by atoms with E-state index in [-0.39, 0.29) is 29.4 Å². The van der Waals surface area contributed by atoms with Gasteiger partial charge in [-0.1, -0.05) is 30.3 Å². The van der Waals surface area contributed by atoms with Gasteiger partial charge in [-0.2, -0.15) is 0 Å². The van der Waals surface area contributed by atoms with Gasteiger partial charge in [-0.15, -0.1) is 0 Å². The fourth-order valence-electron chi connectivity index (χ4n) is 3.52. The summed E-state index contributed by atoms with van der Waals surface area (Å²) < 4.78 is 11.5. The quantitative estimate of drug-likeness (QED) is 0.300. The molecule has 36 heavy (non-hydrogen) atoms. The average Bonchev–Trinajstić information content (AvgIpc) is 2.89. The first-order chi connectivity index (χ1) is 17.4. The zero-order valence-corrected chi connectivity index (χ0v) is 19.2. The molecule has 0 fully saturated rings. The Kier molecular flexibility index (Phi) is 7.10. The van der Waals surface area contributed by atoms with Crippen LogP contribution < -0.4 is 14.8 Å². The Morgan fingerprint density at radius 1 is 0.889 bits per heavy atom. The molecule has 4 aromatic rings. The Morgan fingerprint density at radius 3 is 2.22 bits per heavy atom. The summed E-state index contributed by atoms with van der Waals surface area (Å²) >= 11 is 0. The van der Waals surface area contributed by atoms with E-state index in [0.717, 1.165) is 0 Å². The monoisotopic (exact) mass is 486 g/mol. The standard InChI is InChI=1S/C27H22N2O7/c1-2-35-27-21-14-19(12-13-20(21)25(33)23(29-27)26(34)28-15-22(30)31)36-18-10-8-17(9-11-18)24(32)16-6-4-3-5-7-16/h3-14,33H,2,15H2,1H3,(H,28,34)(H,30,31). The number of hydrogen-bond donors (Lipinski definition) is 3. The Labute approximate surface area is 205 Å². The van der Waals surface area contributed by atoms with Gasteiger partial charge in [0, 0.05) is 16.5 Å². The molecule has 0 aliphatic carbocycles. The number of rotatable bonds is 9. The number of carboxylic acids is 1. The van der Waals surface area contributed by atoms with Gasteiger partial charge in [-0.05, 0) is 49.4 Å². The highest BCUT2D eigenvalue weighted by atomic mass is 16.5. The number of fused-ring (bicyclic) bond motifs is 1. The van der Waals surface area contributed by atoms with E-state index in [4.69, 9.17) is 14.6 Å². The van der Waals surface area contributed by atoms with Crippen molar-refractivity contribution < 1.29 is 34.1 Å². The number of pyridine rings is 1. The van der Waals surface area contributed by atoms with Crippen molar-refractivity contribution in [3.05, 3.63) is 89.6 Å². The lowest BCUT2D eigenvalue weighted by Gasteiger charge is -2.13. The van der Waals surface area contributed by atoms with Crippen LogP contribution in [0.2, 0.25) is 0 Å². The van der Waals surface area contributed by atoms with Crippen molar-refractivity contribution >= 4 is 28.4 Å². The number of ketones is 1. The van der Waals surface area contributed by atoms with Crippen LogP contribution in [-0.4, -0.2) is 46.0 Å². The Hall–Kier alpha value is -4.92. The molecule has 1 amide bonds. The number of aliphatic carboxylic acids is 1. The molecule has 0 unspecified atom stereocenters. The predicted molar refractivity (Wildman–Crippen MR) is 131 cm³/mol. The number of carbonyl (C=O) groups excluding carboxylic acids is 2. The first-order valence-corrected chi connectivity index (χ1v) is 11.0. The number of nitrogens with one attached hydrogen (secondary N) is 1. The molecule has 1 heterocycles. The molecule has 0 aliphatic rings. The van der Waals surface area contributed by atoms with Crippen molar-refractivity contribution in [1.82, 2.24) is 10.3 Å². The van der Waals surface area contributed by atoms with Gasteiger partial charge in [-0.3, -0.25) is 14.4 Å². The molecule has 4 rings (SSSR count).